The minimum Gasteiger partial charge on any atom is -0.320 e. The van der Waals surface area contributed by atoms with E-state index in [1.165, 1.54) is 4.90 Å². The van der Waals surface area contributed by atoms with Crippen LogP contribution in [0.5, 0.6) is 0 Å². The normalized spacial score (nSPS) is 19.9. The van der Waals surface area contributed by atoms with Crippen molar-refractivity contribution < 1.29 is 9.59 Å². The van der Waals surface area contributed by atoms with Gasteiger partial charge in [-0.05, 0) is 6.42 Å². The minimum atomic E-state index is -0.430. The van der Waals surface area contributed by atoms with Crippen LogP contribution in [0.2, 0.25) is 0 Å². The van der Waals surface area contributed by atoms with E-state index in [-0.39, 0.29) is 18.2 Å². The fourth-order valence-corrected chi connectivity index (χ4v) is 1.98. The van der Waals surface area contributed by atoms with E-state index in [0.29, 0.717) is 13.1 Å². The molecule has 1 N–H and O–H groups in total. The van der Waals surface area contributed by atoms with Crippen molar-refractivity contribution in [1.82, 2.24) is 25.0 Å². The van der Waals surface area contributed by atoms with Crippen LogP contribution in [-0.4, -0.2) is 44.1 Å². The van der Waals surface area contributed by atoms with Gasteiger partial charge in [-0.1, -0.05) is 6.92 Å². The van der Waals surface area contributed by atoms with Crippen molar-refractivity contribution >= 4 is 11.8 Å². The first-order valence-electron chi connectivity index (χ1n) is 6.04. The summed E-state index contributed by atoms with van der Waals surface area (Å²) in [5.74, 6) is 0.505. The molecular weight excluding hydrogens is 234 g/mol. The Labute approximate surface area is 105 Å². The number of amides is 2. The van der Waals surface area contributed by atoms with Gasteiger partial charge in [0.05, 0.1) is 19.0 Å². The number of likely N-dealkylation sites (tertiary alicyclic amines) is 1. The van der Waals surface area contributed by atoms with Crippen molar-refractivity contribution in [2.45, 2.75) is 32.4 Å². The van der Waals surface area contributed by atoms with Crippen molar-refractivity contribution in [3.63, 3.8) is 0 Å². The second-order valence-electron chi connectivity index (χ2n) is 4.38. The van der Waals surface area contributed by atoms with Gasteiger partial charge in [0.25, 0.3) is 0 Å². The Morgan fingerprint density at radius 2 is 2.28 bits per heavy atom. The second-order valence-corrected chi connectivity index (χ2v) is 4.38. The van der Waals surface area contributed by atoms with Crippen molar-refractivity contribution in [2.24, 2.45) is 7.05 Å². The molecule has 0 aliphatic carbocycles. The number of carbonyl (C=O) groups excluding carboxylic acids is 2. The van der Waals surface area contributed by atoms with Crippen LogP contribution in [0.3, 0.4) is 0 Å². The molecule has 7 nitrogen and oxygen atoms in total. The molecule has 1 aliphatic rings. The maximum Gasteiger partial charge on any atom is 0.246 e. The average molecular weight is 251 g/mol. The molecule has 1 aromatic rings. The summed E-state index contributed by atoms with van der Waals surface area (Å²) < 4.78 is 1.78. The average Bonchev–Trinajstić information content (AvgIpc) is 2.86. The van der Waals surface area contributed by atoms with E-state index in [9.17, 15) is 9.59 Å². The van der Waals surface area contributed by atoms with Crippen LogP contribution in [-0.2, 0) is 23.2 Å². The third-order valence-corrected chi connectivity index (χ3v) is 3.00. The monoisotopic (exact) mass is 251 g/mol. The third-order valence-electron chi connectivity index (χ3n) is 3.00. The summed E-state index contributed by atoms with van der Waals surface area (Å²) in [6.45, 7) is 2.88. The molecule has 2 rings (SSSR count). The summed E-state index contributed by atoms with van der Waals surface area (Å²) >= 11 is 0. The SMILES string of the molecule is CCCN1C(=O)CC(NCc2nncn2C)C1=O. The molecule has 0 bridgehead atoms. The lowest BCUT2D eigenvalue weighted by molar-refractivity contribution is -0.138. The quantitative estimate of drug-likeness (QED) is 0.710. The Bertz CT molecular complexity index is 456. The first-order chi connectivity index (χ1) is 8.63. The maximum atomic E-state index is 12.0. The van der Waals surface area contributed by atoms with Gasteiger partial charge >= 0.3 is 0 Å². The van der Waals surface area contributed by atoms with Gasteiger partial charge in [0.15, 0.2) is 0 Å². The van der Waals surface area contributed by atoms with Gasteiger partial charge in [-0.25, -0.2) is 0 Å². The number of carbonyl (C=O) groups is 2. The maximum absolute atomic E-state index is 12.0. The van der Waals surface area contributed by atoms with Gasteiger partial charge in [0, 0.05) is 13.6 Å². The minimum absolute atomic E-state index is 0.0997. The highest BCUT2D eigenvalue weighted by molar-refractivity contribution is 6.05. The fourth-order valence-electron chi connectivity index (χ4n) is 1.98. The molecule has 1 fully saturated rings. The predicted molar refractivity (Wildman–Crippen MR) is 63.3 cm³/mol. The number of imide groups is 1. The van der Waals surface area contributed by atoms with Gasteiger partial charge in [0.1, 0.15) is 12.2 Å². The standard InChI is InChI=1S/C11H17N5O2/c1-3-4-16-10(17)5-8(11(16)18)12-6-9-14-13-7-15(9)2/h7-8,12H,3-6H2,1-2H3. The smallest absolute Gasteiger partial charge is 0.246 e. The highest BCUT2D eigenvalue weighted by atomic mass is 16.2. The fraction of sp³-hybridized carbons (Fsp3) is 0.636. The highest BCUT2D eigenvalue weighted by Gasteiger charge is 2.37. The zero-order valence-corrected chi connectivity index (χ0v) is 10.6. The molecule has 1 unspecified atom stereocenters. The number of aryl methyl sites for hydroxylation is 1. The summed E-state index contributed by atoms with van der Waals surface area (Å²) in [5.41, 5.74) is 0. The first-order valence-corrected chi connectivity index (χ1v) is 6.04. The van der Waals surface area contributed by atoms with Crippen LogP contribution in [0.1, 0.15) is 25.6 Å². The number of hydrogen-bond donors (Lipinski definition) is 1. The van der Waals surface area contributed by atoms with Crippen LogP contribution < -0.4 is 5.32 Å². The van der Waals surface area contributed by atoms with Crippen LogP contribution in [0, 0.1) is 0 Å². The molecule has 7 heteroatoms. The lowest BCUT2D eigenvalue weighted by atomic mass is 10.2. The van der Waals surface area contributed by atoms with Crippen LogP contribution in [0.4, 0.5) is 0 Å². The summed E-state index contributed by atoms with van der Waals surface area (Å²) in [5, 5.41) is 10.7. The van der Waals surface area contributed by atoms with Crippen molar-refractivity contribution in [1.29, 1.82) is 0 Å². The molecule has 0 aromatic carbocycles. The van der Waals surface area contributed by atoms with Gasteiger partial charge in [-0.3, -0.25) is 19.8 Å². The van der Waals surface area contributed by atoms with Gasteiger partial charge in [-0.2, -0.15) is 0 Å². The lowest BCUT2D eigenvalue weighted by Gasteiger charge is -2.14. The number of hydrogen-bond acceptors (Lipinski definition) is 5. The molecule has 1 aromatic heterocycles. The molecule has 1 saturated heterocycles. The van der Waals surface area contributed by atoms with E-state index >= 15 is 0 Å². The van der Waals surface area contributed by atoms with E-state index < -0.39 is 6.04 Å². The number of nitrogens with one attached hydrogen (secondary N) is 1. The largest absolute Gasteiger partial charge is 0.320 e. The molecule has 2 heterocycles. The summed E-state index contributed by atoms with van der Waals surface area (Å²) in [4.78, 5) is 24.9. The molecule has 1 aliphatic heterocycles. The predicted octanol–water partition coefficient (Wildman–Crippen LogP) is -0.558. The summed E-state index contributed by atoms with van der Waals surface area (Å²) in [7, 11) is 1.84. The van der Waals surface area contributed by atoms with Crippen molar-refractivity contribution in [3.8, 4) is 0 Å². The molecule has 0 saturated carbocycles. The Balaban J connectivity index is 1.93. The Kier molecular flexibility index (Phi) is 3.71. The van der Waals surface area contributed by atoms with E-state index in [1.807, 2.05) is 14.0 Å². The Morgan fingerprint density at radius 1 is 1.50 bits per heavy atom. The molecular formula is C11H17N5O2. The third kappa shape index (κ3) is 2.40. The highest BCUT2D eigenvalue weighted by Crippen LogP contribution is 2.13. The molecule has 1 atom stereocenters. The summed E-state index contributed by atoms with van der Waals surface area (Å²) in [6.07, 6.45) is 2.62. The van der Waals surface area contributed by atoms with E-state index in [0.717, 1.165) is 12.2 Å². The molecule has 2 amide bonds. The Hall–Kier alpha value is -1.76. The molecule has 18 heavy (non-hydrogen) atoms. The van der Waals surface area contributed by atoms with Gasteiger partial charge in [0.2, 0.25) is 11.8 Å². The molecule has 98 valence electrons. The van der Waals surface area contributed by atoms with Gasteiger partial charge < -0.3 is 4.57 Å². The zero-order chi connectivity index (χ0) is 13.1. The summed E-state index contributed by atoms with van der Waals surface area (Å²) in [6, 6.07) is -0.430. The first kappa shape index (κ1) is 12.7. The molecule has 0 radical (unpaired) electrons. The van der Waals surface area contributed by atoms with Crippen LogP contribution >= 0.6 is 0 Å². The number of aromatic nitrogens is 3. The van der Waals surface area contributed by atoms with Crippen LogP contribution in [0.15, 0.2) is 6.33 Å². The van der Waals surface area contributed by atoms with Crippen LogP contribution in [0.25, 0.3) is 0 Å². The lowest BCUT2D eigenvalue weighted by Crippen LogP contribution is -2.39. The van der Waals surface area contributed by atoms with Crippen molar-refractivity contribution in [3.05, 3.63) is 12.2 Å². The van der Waals surface area contributed by atoms with E-state index in [4.69, 9.17) is 0 Å². The van der Waals surface area contributed by atoms with Crippen molar-refractivity contribution in [2.75, 3.05) is 6.54 Å². The zero-order valence-electron chi connectivity index (χ0n) is 10.6. The van der Waals surface area contributed by atoms with Gasteiger partial charge in [-0.15, -0.1) is 10.2 Å². The molecule has 0 spiro atoms. The second kappa shape index (κ2) is 5.26. The van der Waals surface area contributed by atoms with E-state index in [2.05, 4.69) is 15.5 Å². The topological polar surface area (TPSA) is 80.1 Å². The van der Waals surface area contributed by atoms with E-state index in [1.54, 1.807) is 10.9 Å². The number of nitrogens with zero attached hydrogens (tertiary/aromatic N) is 4. The number of rotatable bonds is 5. The Morgan fingerprint density at radius 3 is 2.89 bits per heavy atom.